The van der Waals surface area contributed by atoms with E-state index in [9.17, 15) is 0 Å². The Hall–Kier alpha value is -1.61. The minimum atomic E-state index is 1.03. The summed E-state index contributed by atoms with van der Waals surface area (Å²) >= 11 is 0. The van der Waals surface area contributed by atoms with E-state index < -0.39 is 0 Å². The Morgan fingerprint density at radius 1 is 1.29 bits per heavy atom. The van der Waals surface area contributed by atoms with E-state index in [-0.39, 0.29) is 0 Å². The maximum Gasteiger partial charge on any atom is 0.101 e. The van der Waals surface area contributed by atoms with Crippen LogP contribution in [0.1, 0.15) is 5.56 Å². The van der Waals surface area contributed by atoms with Crippen molar-refractivity contribution in [1.29, 1.82) is 0 Å². The van der Waals surface area contributed by atoms with Crippen molar-refractivity contribution in [1.82, 2.24) is 9.78 Å². The van der Waals surface area contributed by atoms with Crippen LogP contribution in [0.5, 0.6) is 0 Å². The molecule has 1 heterocycles. The Labute approximate surface area is 83.4 Å². The topological polar surface area (TPSA) is 34.4 Å². The molecule has 1 aromatic heterocycles. The fourth-order valence-corrected chi connectivity index (χ4v) is 1.44. The minimum absolute atomic E-state index is 1.03. The molecule has 0 aliphatic heterocycles. The van der Waals surface area contributed by atoms with E-state index in [0.29, 0.717) is 0 Å². The van der Waals surface area contributed by atoms with Crippen molar-refractivity contribution in [2.24, 2.45) is 0 Å². The predicted octanol–water partition coefficient (Wildman–Crippen LogP) is 0.565. The van der Waals surface area contributed by atoms with Crippen molar-refractivity contribution in [2.45, 2.75) is 6.54 Å². The van der Waals surface area contributed by atoms with Gasteiger partial charge in [-0.15, -0.1) is 0 Å². The zero-order valence-electron chi connectivity index (χ0n) is 8.22. The number of aromatic nitrogens is 2. The summed E-state index contributed by atoms with van der Waals surface area (Å²) < 4.78 is 1.86. The van der Waals surface area contributed by atoms with E-state index in [1.54, 1.807) is 6.20 Å². The molecule has 0 aliphatic carbocycles. The molecule has 0 radical (unpaired) electrons. The van der Waals surface area contributed by atoms with E-state index in [1.807, 2.05) is 16.9 Å². The molecule has 0 spiro atoms. The van der Waals surface area contributed by atoms with Gasteiger partial charge >= 0.3 is 0 Å². The molecule has 2 rings (SSSR count). The van der Waals surface area contributed by atoms with Gasteiger partial charge in [-0.1, -0.05) is 12.1 Å². The second kappa shape index (κ2) is 4.07. The standard InChI is InChI=1S/C11H13N3/c1-12-9-10-3-5-11(6-4-10)14-8-2-7-13-14/h2-8,12H,9H2,1H3/p+1. The van der Waals surface area contributed by atoms with Crippen LogP contribution >= 0.6 is 0 Å². The molecule has 0 saturated carbocycles. The molecule has 0 saturated heterocycles. The average molecular weight is 188 g/mol. The summed E-state index contributed by atoms with van der Waals surface area (Å²) in [6, 6.07) is 10.4. The zero-order chi connectivity index (χ0) is 9.80. The summed E-state index contributed by atoms with van der Waals surface area (Å²) in [4.78, 5) is 0. The highest BCUT2D eigenvalue weighted by atomic mass is 15.3. The minimum Gasteiger partial charge on any atom is -0.345 e. The van der Waals surface area contributed by atoms with Crippen molar-refractivity contribution in [2.75, 3.05) is 7.05 Å². The third-order valence-corrected chi connectivity index (χ3v) is 2.15. The molecule has 0 unspecified atom stereocenters. The Morgan fingerprint density at radius 3 is 2.64 bits per heavy atom. The van der Waals surface area contributed by atoms with E-state index in [4.69, 9.17) is 0 Å². The molecule has 0 aliphatic rings. The second-order valence-electron chi connectivity index (χ2n) is 3.23. The highest BCUT2D eigenvalue weighted by molar-refractivity contribution is 5.33. The zero-order valence-corrected chi connectivity index (χ0v) is 8.22. The summed E-state index contributed by atoms with van der Waals surface area (Å²) in [6.45, 7) is 1.03. The average Bonchev–Trinajstić information content (AvgIpc) is 2.72. The van der Waals surface area contributed by atoms with E-state index in [2.05, 4.69) is 41.7 Å². The van der Waals surface area contributed by atoms with Gasteiger partial charge in [0.15, 0.2) is 0 Å². The molecule has 2 aromatic rings. The third-order valence-electron chi connectivity index (χ3n) is 2.15. The lowest BCUT2D eigenvalue weighted by Crippen LogP contribution is -2.77. The molecule has 72 valence electrons. The lowest BCUT2D eigenvalue weighted by Gasteiger charge is -2.02. The normalized spacial score (nSPS) is 10.4. The molecular weight excluding hydrogens is 174 g/mol. The van der Waals surface area contributed by atoms with Crippen LogP contribution in [0, 0.1) is 0 Å². The second-order valence-corrected chi connectivity index (χ2v) is 3.23. The van der Waals surface area contributed by atoms with E-state index in [0.717, 1.165) is 12.2 Å². The van der Waals surface area contributed by atoms with Crippen LogP contribution in [0.25, 0.3) is 5.69 Å². The lowest BCUT2D eigenvalue weighted by molar-refractivity contribution is -0.643. The van der Waals surface area contributed by atoms with Crippen LogP contribution < -0.4 is 5.32 Å². The first kappa shape index (κ1) is 8.97. The van der Waals surface area contributed by atoms with Crippen LogP contribution in [0.4, 0.5) is 0 Å². The van der Waals surface area contributed by atoms with Crippen LogP contribution in [0.2, 0.25) is 0 Å². The molecule has 0 bridgehead atoms. The number of benzene rings is 1. The SMILES string of the molecule is C[NH2+]Cc1ccc(-n2cccn2)cc1. The third kappa shape index (κ3) is 1.83. The van der Waals surface area contributed by atoms with Crippen molar-refractivity contribution in [3.05, 3.63) is 48.3 Å². The maximum absolute atomic E-state index is 4.17. The van der Waals surface area contributed by atoms with Crippen LogP contribution in [0.3, 0.4) is 0 Å². The molecule has 3 nitrogen and oxygen atoms in total. The van der Waals surface area contributed by atoms with Crippen molar-refractivity contribution in [3.63, 3.8) is 0 Å². The summed E-state index contributed by atoms with van der Waals surface area (Å²) in [6.07, 6.45) is 3.73. The smallest absolute Gasteiger partial charge is 0.101 e. The molecule has 0 fully saturated rings. The number of nitrogens with zero attached hydrogens (tertiary/aromatic N) is 2. The predicted molar refractivity (Wildman–Crippen MR) is 55.1 cm³/mol. The van der Waals surface area contributed by atoms with E-state index in [1.165, 1.54) is 5.56 Å². The fourth-order valence-electron chi connectivity index (χ4n) is 1.44. The number of nitrogens with two attached hydrogens (primary N) is 1. The van der Waals surface area contributed by atoms with Crippen LogP contribution in [-0.2, 0) is 6.54 Å². The first-order chi connectivity index (χ1) is 6.90. The summed E-state index contributed by atoms with van der Waals surface area (Å²) in [5.74, 6) is 0. The Balaban J connectivity index is 2.22. The van der Waals surface area contributed by atoms with Gasteiger partial charge in [0.1, 0.15) is 6.54 Å². The van der Waals surface area contributed by atoms with Crippen LogP contribution in [0.15, 0.2) is 42.7 Å². The first-order valence-corrected chi connectivity index (χ1v) is 4.77. The molecule has 2 N–H and O–H groups in total. The van der Waals surface area contributed by atoms with Gasteiger partial charge in [0.25, 0.3) is 0 Å². The monoisotopic (exact) mass is 188 g/mol. The highest BCUT2D eigenvalue weighted by Gasteiger charge is 1.96. The van der Waals surface area contributed by atoms with Gasteiger partial charge < -0.3 is 5.32 Å². The number of rotatable bonds is 3. The number of hydrogen-bond donors (Lipinski definition) is 1. The number of quaternary nitrogens is 1. The van der Waals surface area contributed by atoms with Gasteiger partial charge in [-0.25, -0.2) is 4.68 Å². The van der Waals surface area contributed by atoms with Crippen molar-refractivity contribution in [3.8, 4) is 5.69 Å². The molecular formula is C11H14N3+. The Bertz CT molecular complexity index is 375. The van der Waals surface area contributed by atoms with Crippen molar-refractivity contribution < 1.29 is 5.32 Å². The van der Waals surface area contributed by atoms with Gasteiger partial charge in [0.2, 0.25) is 0 Å². The lowest BCUT2D eigenvalue weighted by atomic mass is 10.2. The van der Waals surface area contributed by atoms with Gasteiger partial charge in [-0.05, 0) is 18.2 Å². The molecule has 0 atom stereocenters. The number of hydrogen-bond acceptors (Lipinski definition) is 1. The molecule has 0 amide bonds. The molecule has 3 heteroatoms. The van der Waals surface area contributed by atoms with Gasteiger partial charge in [0, 0.05) is 18.0 Å². The van der Waals surface area contributed by atoms with Gasteiger partial charge in [-0.2, -0.15) is 5.10 Å². The summed E-state index contributed by atoms with van der Waals surface area (Å²) in [7, 11) is 2.07. The van der Waals surface area contributed by atoms with Crippen LogP contribution in [-0.4, -0.2) is 16.8 Å². The highest BCUT2D eigenvalue weighted by Crippen LogP contribution is 2.07. The largest absolute Gasteiger partial charge is 0.345 e. The van der Waals surface area contributed by atoms with Gasteiger partial charge in [0.05, 0.1) is 12.7 Å². The quantitative estimate of drug-likeness (QED) is 0.750. The summed E-state index contributed by atoms with van der Waals surface area (Å²) in [5, 5.41) is 6.33. The van der Waals surface area contributed by atoms with Crippen molar-refractivity contribution >= 4 is 0 Å². The molecule has 1 aromatic carbocycles. The molecule has 14 heavy (non-hydrogen) atoms. The van der Waals surface area contributed by atoms with E-state index >= 15 is 0 Å². The Morgan fingerprint density at radius 2 is 2.07 bits per heavy atom. The van der Waals surface area contributed by atoms with Gasteiger partial charge in [-0.3, -0.25) is 0 Å². The summed E-state index contributed by atoms with van der Waals surface area (Å²) in [5.41, 5.74) is 2.44. The fraction of sp³-hybridized carbons (Fsp3) is 0.182. The maximum atomic E-state index is 4.17. The first-order valence-electron chi connectivity index (χ1n) is 4.77. The Kier molecular flexibility index (Phi) is 2.60.